The molecule has 134 valence electrons. The molecule has 0 N–H and O–H groups in total. The second-order valence-corrected chi connectivity index (χ2v) is 8.80. The van der Waals surface area contributed by atoms with Gasteiger partial charge in [0.15, 0.2) is 9.84 Å². The number of amides is 2. The Morgan fingerprint density at radius 1 is 1.12 bits per heavy atom. The van der Waals surface area contributed by atoms with Crippen molar-refractivity contribution >= 4 is 33.0 Å². The van der Waals surface area contributed by atoms with Crippen LogP contribution in [0.2, 0.25) is 0 Å². The zero-order chi connectivity index (χ0) is 18.2. The average molecular weight is 366 g/mol. The number of sulfone groups is 1. The van der Waals surface area contributed by atoms with Gasteiger partial charge in [-0.15, -0.1) is 0 Å². The molecule has 1 heterocycles. The Hall–Kier alpha value is -2.29. The quantitative estimate of drug-likeness (QED) is 0.457. The number of nitro benzene ring substituents is 1. The van der Waals surface area contributed by atoms with E-state index in [9.17, 15) is 28.1 Å². The number of non-ortho nitro benzene ring substituents is 1. The first-order valence-electron chi connectivity index (χ1n) is 8.16. The van der Waals surface area contributed by atoms with Crippen LogP contribution >= 0.6 is 0 Å². The van der Waals surface area contributed by atoms with Crippen molar-refractivity contribution in [1.82, 2.24) is 0 Å². The molecular weight excluding hydrogens is 348 g/mol. The predicted molar refractivity (Wildman–Crippen MR) is 89.8 cm³/mol. The number of nitro groups is 1. The van der Waals surface area contributed by atoms with Gasteiger partial charge in [-0.1, -0.05) is 25.3 Å². The lowest BCUT2D eigenvalue weighted by Gasteiger charge is -2.24. The summed E-state index contributed by atoms with van der Waals surface area (Å²) in [6, 6.07) is 5.09. The summed E-state index contributed by atoms with van der Waals surface area (Å²) in [4.78, 5) is 35.9. The summed E-state index contributed by atoms with van der Waals surface area (Å²) >= 11 is 0. The van der Waals surface area contributed by atoms with E-state index >= 15 is 0 Å². The molecule has 3 rings (SSSR count). The van der Waals surface area contributed by atoms with E-state index in [1.165, 1.54) is 18.2 Å². The Morgan fingerprint density at radius 2 is 1.80 bits per heavy atom. The van der Waals surface area contributed by atoms with Crippen LogP contribution in [0.25, 0.3) is 0 Å². The molecule has 9 heteroatoms. The molecule has 1 aromatic carbocycles. The lowest BCUT2D eigenvalue weighted by Crippen LogP contribution is -2.40. The van der Waals surface area contributed by atoms with E-state index < -0.39 is 43.5 Å². The smallest absolute Gasteiger partial charge is 0.271 e. The maximum absolute atomic E-state index is 12.8. The molecule has 1 aromatic rings. The number of anilines is 1. The number of rotatable bonds is 4. The molecule has 0 radical (unpaired) electrons. The molecule has 2 amide bonds. The maximum Gasteiger partial charge on any atom is 0.271 e. The summed E-state index contributed by atoms with van der Waals surface area (Å²) in [7, 11) is -3.76. The molecule has 1 aliphatic carbocycles. The Kier molecular flexibility index (Phi) is 4.59. The van der Waals surface area contributed by atoms with Gasteiger partial charge in [-0.3, -0.25) is 19.7 Å². The standard InChI is InChI=1S/C16H18N2O6S/c19-15-10-14(25(23,24)13-7-2-1-3-8-13)16(20)17(15)11-5-4-6-12(9-11)18(21)22/h4-6,9,13-14H,1-3,7-8,10H2. The molecule has 8 nitrogen and oxygen atoms in total. The van der Waals surface area contributed by atoms with Crippen molar-refractivity contribution < 1.29 is 22.9 Å². The topological polar surface area (TPSA) is 115 Å². The van der Waals surface area contributed by atoms with Crippen LogP contribution in [0.5, 0.6) is 0 Å². The van der Waals surface area contributed by atoms with Crippen molar-refractivity contribution in [3.8, 4) is 0 Å². The Labute approximate surface area is 144 Å². The molecule has 1 unspecified atom stereocenters. The Balaban J connectivity index is 1.90. The summed E-state index contributed by atoms with van der Waals surface area (Å²) in [5, 5.41) is 8.91. The number of hydrogen-bond donors (Lipinski definition) is 0. The van der Waals surface area contributed by atoms with Crippen LogP contribution in [-0.4, -0.2) is 35.7 Å². The minimum absolute atomic E-state index is 0.0329. The van der Waals surface area contributed by atoms with Crippen molar-refractivity contribution in [3.63, 3.8) is 0 Å². The molecule has 25 heavy (non-hydrogen) atoms. The highest BCUT2D eigenvalue weighted by Gasteiger charge is 2.49. The van der Waals surface area contributed by atoms with E-state index in [1.807, 2.05) is 0 Å². The van der Waals surface area contributed by atoms with Gasteiger partial charge in [0.1, 0.15) is 5.25 Å². The molecule has 2 fully saturated rings. The summed E-state index contributed by atoms with van der Waals surface area (Å²) < 4.78 is 25.6. The highest BCUT2D eigenvalue weighted by molar-refractivity contribution is 7.93. The van der Waals surface area contributed by atoms with Crippen molar-refractivity contribution in [2.24, 2.45) is 0 Å². The molecule has 0 aromatic heterocycles. The van der Waals surface area contributed by atoms with Crippen molar-refractivity contribution in [1.29, 1.82) is 0 Å². The van der Waals surface area contributed by atoms with Gasteiger partial charge in [0.2, 0.25) is 5.91 Å². The molecule has 2 aliphatic rings. The van der Waals surface area contributed by atoms with E-state index in [1.54, 1.807) is 0 Å². The first-order valence-corrected chi connectivity index (χ1v) is 9.77. The van der Waals surface area contributed by atoms with Gasteiger partial charge in [0.25, 0.3) is 11.6 Å². The van der Waals surface area contributed by atoms with E-state index in [4.69, 9.17) is 0 Å². The summed E-state index contributed by atoms with van der Waals surface area (Å²) in [6.07, 6.45) is 3.19. The fourth-order valence-corrected chi connectivity index (χ4v) is 5.72. The van der Waals surface area contributed by atoms with Crippen LogP contribution in [0.1, 0.15) is 38.5 Å². The van der Waals surface area contributed by atoms with E-state index in [2.05, 4.69) is 0 Å². The Morgan fingerprint density at radius 3 is 2.44 bits per heavy atom. The molecular formula is C16H18N2O6S. The average Bonchev–Trinajstić information content (AvgIpc) is 2.91. The SMILES string of the molecule is O=C1CC(S(=O)(=O)C2CCCCC2)C(=O)N1c1cccc([N+](=O)[O-])c1. The van der Waals surface area contributed by atoms with Gasteiger partial charge in [0, 0.05) is 12.1 Å². The summed E-state index contributed by atoms with van der Waals surface area (Å²) in [5.74, 6) is -1.45. The van der Waals surface area contributed by atoms with Gasteiger partial charge < -0.3 is 0 Å². The second-order valence-electron chi connectivity index (χ2n) is 6.39. The fraction of sp³-hybridized carbons (Fsp3) is 0.500. The van der Waals surface area contributed by atoms with Crippen LogP contribution in [0.4, 0.5) is 11.4 Å². The zero-order valence-electron chi connectivity index (χ0n) is 13.5. The largest absolute Gasteiger partial charge is 0.274 e. The van der Waals surface area contributed by atoms with Crippen LogP contribution in [-0.2, 0) is 19.4 Å². The third-order valence-corrected chi connectivity index (χ3v) is 7.38. The number of hydrogen-bond acceptors (Lipinski definition) is 6. The number of imide groups is 1. The highest BCUT2D eigenvalue weighted by atomic mass is 32.2. The third kappa shape index (κ3) is 3.15. The van der Waals surface area contributed by atoms with Gasteiger partial charge in [-0.05, 0) is 18.9 Å². The molecule has 0 bridgehead atoms. The van der Waals surface area contributed by atoms with E-state index in [-0.39, 0.29) is 11.4 Å². The van der Waals surface area contributed by atoms with Crippen LogP contribution in [0.3, 0.4) is 0 Å². The minimum atomic E-state index is -3.76. The number of carbonyl (C=O) groups excluding carboxylic acids is 2. The molecule has 1 aliphatic heterocycles. The van der Waals surface area contributed by atoms with Crippen LogP contribution in [0.15, 0.2) is 24.3 Å². The molecule has 1 saturated heterocycles. The van der Waals surface area contributed by atoms with Crippen molar-refractivity contribution in [2.75, 3.05) is 4.90 Å². The van der Waals surface area contributed by atoms with Gasteiger partial charge in [-0.2, -0.15) is 0 Å². The maximum atomic E-state index is 12.8. The minimum Gasteiger partial charge on any atom is -0.274 e. The monoisotopic (exact) mass is 366 g/mol. The summed E-state index contributed by atoms with van der Waals surface area (Å²) in [6.45, 7) is 0. The lowest BCUT2D eigenvalue weighted by molar-refractivity contribution is -0.384. The van der Waals surface area contributed by atoms with E-state index in [0.29, 0.717) is 12.8 Å². The summed E-state index contributed by atoms with van der Waals surface area (Å²) in [5.41, 5.74) is -0.234. The lowest BCUT2D eigenvalue weighted by atomic mass is 10.0. The predicted octanol–water partition coefficient (Wildman–Crippen LogP) is 1.97. The van der Waals surface area contributed by atoms with Crippen LogP contribution < -0.4 is 4.90 Å². The van der Waals surface area contributed by atoms with Gasteiger partial charge in [0.05, 0.1) is 22.3 Å². The second kappa shape index (κ2) is 6.55. The number of nitrogens with zero attached hydrogens (tertiary/aromatic N) is 2. The molecule has 1 atom stereocenters. The molecule has 0 spiro atoms. The van der Waals surface area contributed by atoms with E-state index in [0.717, 1.165) is 30.2 Å². The van der Waals surface area contributed by atoms with Gasteiger partial charge in [-0.25, -0.2) is 13.3 Å². The van der Waals surface area contributed by atoms with Gasteiger partial charge >= 0.3 is 0 Å². The van der Waals surface area contributed by atoms with Crippen molar-refractivity contribution in [2.45, 2.75) is 49.0 Å². The first-order chi connectivity index (χ1) is 11.8. The normalized spacial score (nSPS) is 22.4. The fourth-order valence-electron chi connectivity index (χ4n) is 3.50. The number of benzene rings is 1. The molecule has 1 saturated carbocycles. The third-order valence-electron chi connectivity index (χ3n) is 4.82. The van der Waals surface area contributed by atoms with Crippen molar-refractivity contribution in [3.05, 3.63) is 34.4 Å². The first kappa shape index (κ1) is 17.5. The van der Waals surface area contributed by atoms with Crippen LogP contribution in [0, 0.1) is 10.1 Å². The zero-order valence-corrected chi connectivity index (χ0v) is 14.3. The number of carbonyl (C=O) groups is 2. The Bertz CT molecular complexity index is 829. The highest BCUT2D eigenvalue weighted by Crippen LogP contribution is 2.33.